The summed E-state index contributed by atoms with van der Waals surface area (Å²) < 4.78 is 10.7. The van der Waals surface area contributed by atoms with Gasteiger partial charge in [0.05, 0.1) is 24.3 Å². The lowest BCUT2D eigenvalue weighted by atomic mass is 10.0. The first-order valence-electron chi connectivity index (χ1n) is 13.3. The van der Waals surface area contributed by atoms with Crippen molar-refractivity contribution < 1.29 is 19.1 Å². The minimum absolute atomic E-state index is 0.248. The SMILES string of the molecule is CC(C)CCCCCCCCCCCCCCOC(=O)c1ccccc1C(=O)OCC(C)C. The predicted molar refractivity (Wildman–Crippen MR) is 137 cm³/mol. The normalized spacial score (nSPS) is 11.2. The maximum atomic E-state index is 12.4. The van der Waals surface area contributed by atoms with Crippen LogP contribution in [0.3, 0.4) is 0 Å². The summed E-state index contributed by atoms with van der Waals surface area (Å²) in [6.45, 7) is 9.29. The maximum absolute atomic E-state index is 12.4. The van der Waals surface area contributed by atoms with E-state index in [1.807, 2.05) is 13.8 Å². The molecule has 1 aromatic rings. The van der Waals surface area contributed by atoms with Crippen LogP contribution in [0, 0.1) is 11.8 Å². The number of hydrogen-bond acceptors (Lipinski definition) is 4. The molecule has 4 heteroatoms. The van der Waals surface area contributed by atoms with Crippen LogP contribution in [-0.4, -0.2) is 25.2 Å². The molecule has 188 valence electrons. The summed E-state index contributed by atoms with van der Waals surface area (Å²) in [5.74, 6) is 0.176. The van der Waals surface area contributed by atoms with E-state index in [9.17, 15) is 9.59 Å². The second-order valence-corrected chi connectivity index (χ2v) is 10.1. The van der Waals surface area contributed by atoms with Crippen molar-refractivity contribution in [3.8, 4) is 0 Å². The quantitative estimate of drug-likeness (QED) is 0.154. The van der Waals surface area contributed by atoms with Gasteiger partial charge in [-0.2, -0.15) is 0 Å². The molecule has 0 saturated heterocycles. The number of ether oxygens (including phenoxy) is 2. The number of esters is 2. The van der Waals surface area contributed by atoms with Gasteiger partial charge in [0.2, 0.25) is 0 Å². The first kappa shape index (κ1) is 29.2. The molecule has 1 rings (SSSR count). The fraction of sp³-hybridized carbons (Fsp3) is 0.724. The standard InChI is InChI=1S/C29H48O4/c1-24(2)19-15-13-11-9-7-5-6-8-10-12-14-18-22-32-28(30)26-20-16-17-21-27(26)29(31)33-23-25(3)4/h16-17,20-21,24-25H,5-15,18-19,22-23H2,1-4H3. The van der Waals surface area contributed by atoms with Crippen LogP contribution in [0.4, 0.5) is 0 Å². The van der Waals surface area contributed by atoms with Crippen molar-refractivity contribution >= 4 is 11.9 Å². The van der Waals surface area contributed by atoms with Crippen molar-refractivity contribution in [2.75, 3.05) is 13.2 Å². The average Bonchev–Trinajstić information content (AvgIpc) is 2.79. The van der Waals surface area contributed by atoms with Gasteiger partial charge in [0.15, 0.2) is 0 Å². The largest absolute Gasteiger partial charge is 0.462 e. The Morgan fingerprint density at radius 1 is 0.606 bits per heavy atom. The second-order valence-electron chi connectivity index (χ2n) is 10.1. The van der Waals surface area contributed by atoms with Gasteiger partial charge < -0.3 is 9.47 Å². The molecular weight excluding hydrogens is 412 g/mol. The van der Waals surface area contributed by atoms with Gasteiger partial charge in [-0.3, -0.25) is 0 Å². The third kappa shape index (κ3) is 14.8. The predicted octanol–water partition coefficient (Wildman–Crippen LogP) is 8.38. The van der Waals surface area contributed by atoms with Gasteiger partial charge in [-0.15, -0.1) is 0 Å². The van der Waals surface area contributed by atoms with E-state index in [1.165, 1.54) is 70.6 Å². The van der Waals surface area contributed by atoms with Gasteiger partial charge in [0.1, 0.15) is 0 Å². The van der Waals surface area contributed by atoms with E-state index in [0.717, 1.165) is 18.8 Å². The molecule has 0 heterocycles. The topological polar surface area (TPSA) is 52.6 Å². The fourth-order valence-electron chi connectivity index (χ4n) is 3.82. The Morgan fingerprint density at radius 3 is 1.48 bits per heavy atom. The minimum atomic E-state index is -0.470. The monoisotopic (exact) mass is 460 g/mol. The van der Waals surface area contributed by atoms with Crippen LogP contribution < -0.4 is 0 Å². The van der Waals surface area contributed by atoms with Crippen molar-refractivity contribution in [2.45, 2.75) is 111 Å². The van der Waals surface area contributed by atoms with E-state index >= 15 is 0 Å². The zero-order chi connectivity index (χ0) is 24.3. The molecule has 0 aliphatic carbocycles. The molecule has 1 aromatic carbocycles. The summed E-state index contributed by atoms with van der Waals surface area (Å²) in [6.07, 6.45) is 16.7. The van der Waals surface area contributed by atoms with Crippen LogP contribution in [0.15, 0.2) is 24.3 Å². The molecule has 0 unspecified atom stereocenters. The lowest BCUT2D eigenvalue weighted by molar-refractivity contribution is 0.0427. The number of carbonyl (C=O) groups is 2. The van der Waals surface area contributed by atoms with Crippen LogP contribution >= 0.6 is 0 Å². The molecule has 0 radical (unpaired) electrons. The van der Waals surface area contributed by atoms with Crippen molar-refractivity contribution in [2.24, 2.45) is 11.8 Å². The lowest BCUT2D eigenvalue weighted by Gasteiger charge is -2.11. The van der Waals surface area contributed by atoms with Crippen molar-refractivity contribution in [3.63, 3.8) is 0 Å². The highest BCUT2D eigenvalue weighted by molar-refractivity contribution is 6.03. The molecule has 0 saturated carbocycles. The van der Waals surface area contributed by atoms with Crippen LogP contribution in [0.25, 0.3) is 0 Å². The van der Waals surface area contributed by atoms with Crippen molar-refractivity contribution in [1.29, 1.82) is 0 Å². The minimum Gasteiger partial charge on any atom is -0.462 e. The number of benzene rings is 1. The van der Waals surface area contributed by atoms with Crippen molar-refractivity contribution in [1.82, 2.24) is 0 Å². The molecule has 0 fully saturated rings. The highest BCUT2D eigenvalue weighted by Crippen LogP contribution is 2.15. The van der Waals surface area contributed by atoms with Crippen molar-refractivity contribution in [3.05, 3.63) is 35.4 Å². The van der Waals surface area contributed by atoms with E-state index in [1.54, 1.807) is 24.3 Å². The zero-order valence-electron chi connectivity index (χ0n) is 21.7. The Morgan fingerprint density at radius 2 is 1.03 bits per heavy atom. The van der Waals surface area contributed by atoms with Gasteiger partial charge >= 0.3 is 11.9 Å². The molecule has 4 nitrogen and oxygen atoms in total. The van der Waals surface area contributed by atoms with Crippen LogP contribution in [0.5, 0.6) is 0 Å². The highest BCUT2D eigenvalue weighted by atomic mass is 16.5. The number of unbranched alkanes of at least 4 members (excludes halogenated alkanes) is 11. The molecular formula is C29H48O4. The molecule has 0 N–H and O–H groups in total. The second kappa shape index (κ2) is 18.6. The van der Waals surface area contributed by atoms with E-state index in [4.69, 9.17) is 9.47 Å². The molecule has 0 atom stereocenters. The first-order chi connectivity index (χ1) is 15.9. The van der Waals surface area contributed by atoms with Gasteiger partial charge in [-0.25, -0.2) is 9.59 Å². The fourth-order valence-corrected chi connectivity index (χ4v) is 3.82. The Balaban J connectivity index is 2.06. The van der Waals surface area contributed by atoms with Crippen LogP contribution in [0.2, 0.25) is 0 Å². The third-order valence-corrected chi connectivity index (χ3v) is 5.82. The molecule has 0 aliphatic heterocycles. The van der Waals surface area contributed by atoms with Gasteiger partial charge in [0, 0.05) is 0 Å². The van der Waals surface area contributed by atoms with Crippen LogP contribution in [-0.2, 0) is 9.47 Å². The average molecular weight is 461 g/mol. The Labute approximate surface area is 202 Å². The molecule has 0 amide bonds. The molecule has 0 bridgehead atoms. The Hall–Kier alpha value is -1.84. The Kier molecular flexibility index (Phi) is 16.4. The van der Waals surface area contributed by atoms with E-state index in [2.05, 4.69) is 13.8 Å². The number of carbonyl (C=O) groups excluding carboxylic acids is 2. The third-order valence-electron chi connectivity index (χ3n) is 5.82. The van der Waals surface area contributed by atoms with E-state index in [0.29, 0.717) is 13.2 Å². The molecule has 0 aromatic heterocycles. The summed E-state index contributed by atoms with van der Waals surface area (Å²) >= 11 is 0. The van der Waals surface area contributed by atoms with E-state index < -0.39 is 11.9 Å². The van der Waals surface area contributed by atoms with Gasteiger partial charge in [-0.1, -0.05) is 117 Å². The van der Waals surface area contributed by atoms with Gasteiger partial charge in [0.25, 0.3) is 0 Å². The van der Waals surface area contributed by atoms with E-state index in [-0.39, 0.29) is 17.0 Å². The number of rotatable bonds is 19. The van der Waals surface area contributed by atoms with Crippen LogP contribution in [0.1, 0.15) is 132 Å². The zero-order valence-corrected chi connectivity index (χ0v) is 21.7. The summed E-state index contributed by atoms with van der Waals surface area (Å²) in [7, 11) is 0. The Bertz CT molecular complexity index is 651. The lowest BCUT2D eigenvalue weighted by Crippen LogP contribution is -2.16. The first-order valence-corrected chi connectivity index (χ1v) is 13.3. The smallest absolute Gasteiger partial charge is 0.339 e. The molecule has 0 spiro atoms. The number of hydrogen-bond donors (Lipinski definition) is 0. The summed E-state index contributed by atoms with van der Waals surface area (Å²) in [5.41, 5.74) is 0.560. The van der Waals surface area contributed by atoms with Gasteiger partial charge in [-0.05, 0) is 30.4 Å². The molecule has 0 aliphatic rings. The summed E-state index contributed by atoms with van der Waals surface area (Å²) in [6, 6.07) is 6.71. The maximum Gasteiger partial charge on any atom is 0.339 e. The molecule has 33 heavy (non-hydrogen) atoms. The summed E-state index contributed by atoms with van der Waals surface area (Å²) in [5, 5.41) is 0. The highest BCUT2D eigenvalue weighted by Gasteiger charge is 2.19. The summed E-state index contributed by atoms with van der Waals surface area (Å²) in [4.78, 5) is 24.7.